The molecule has 118 valence electrons. The summed E-state index contributed by atoms with van der Waals surface area (Å²) in [6.45, 7) is 4.16. The zero-order valence-corrected chi connectivity index (χ0v) is 15.1. The summed E-state index contributed by atoms with van der Waals surface area (Å²) in [5.41, 5.74) is 8.48. The van der Waals surface area contributed by atoms with Crippen molar-refractivity contribution < 1.29 is 0 Å². The maximum Gasteiger partial charge on any atom is 0.137 e. The van der Waals surface area contributed by atoms with Gasteiger partial charge in [-0.3, -0.25) is 0 Å². The van der Waals surface area contributed by atoms with Crippen LogP contribution in [-0.2, 0) is 0 Å². The van der Waals surface area contributed by atoms with Crippen molar-refractivity contribution in [2.75, 3.05) is 0 Å². The molecule has 3 aromatic rings. The first-order valence-corrected chi connectivity index (χ1v) is 8.62. The molecule has 2 nitrogen and oxygen atoms in total. The Hall–Kier alpha value is -2.17. The molecule has 0 aliphatic carbocycles. The second-order valence-electron chi connectivity index (χ2n) is 6.10. The smallest absolute Gasteiger partial charge is 0.137 e. The molecule has 1 aliphatic heterocycles. The molecule has 0 fully saturated rings. The number of aliphatic imine (C=N–C) groups is 1. The molecule has 24 heavy (non-hydrogen) atoms. The van der Waals surface area contributed by atoms with Crippen molar-refractivity contribution in [1.29, 1.82) is 0 Å². The van der Waals surface area contributed by atoms with Crippen LogP contribution in [0.5, 0.6) is 0 Å². The van der Waals surface area contributed by atoms with E-state index in [1.54, 1.807) is 0 Å². The number of fused-ring (bicyclic) bond motifs is 1. The number of rotatable bonds is 2. The van der Waals surface area contributed by atoms with E-state index < -0.39 is 0 Å². The van der Waals surface area contributed by atoms with Gasteiger partial charge in [0.15, 0.2) is 0 Å². The van der Waals surface area contributed by atoms with Crippen LogP contribution in [0.1, 0.15) is 27.8 Å². The molecule has 2 heterocycles. The molecule has 0 spiro atoms. The van der Waals surface area contributed by atoms with Crippen LogP contribution >= 0.6 is 24.8 Å². The second-order valence-corrected chi connectivity index (χ2v) is 6.93. The van der Waals surface area contributed by atoms with E-state index in [0.29, 0.717) is 4.99 Å². The number of benzene rings is 2. The number of thiocarbonyl (C=S) groups is 1. The molecule has 1 aromatic heterocycles. The highest BCUT2D eigenvalue weighted by Gasteiger charge is 2.29. The minimum Gasteiger partial charge on any atom is -0.349 e. The third-order valence-electron chi connectivity index (χ3n) is 4.31. The molecule has 4 rings (SSSR count). The van der Waals surface area contributed by atoms with Crippen molar-refractivity contribution in [1.82, 2.24) is 4.98 Å². The summed E-state index contributed by atoms with van der Waals surface area (Å²) in [6, 6.07) is 16.7. The minimum atomic E-state index is 0.618. The van der Waals surface area contributed by atoms with Gasteiger partial charge in [0.1, 0.15) is 4.99 Å². The van der Waals surface area contributed by atoms with E-state index in [1.807, 2.05) is 0 Å². The first-order valence-electron chi connectivity index (χ1n) is 7.77. The van der Waals surface area contributed by atoms with Gasteiger partial charge in [-0.1, -0.05) is 71.9 Å². The average molecular weight is 348 g/mol. The SMILES string of the molecule is Cc1ccc(C2=NC(=S)c3c(-c4ccc(C)cc4)[nH]c(S)c32)cc1. The normalized spacial score (nSPS) is 13.1. The van der Waals surface area contributed by atoms with Crippen molar-refractivity contribution in [3.05, 3.63) is 76.3 Å². The van der Waals surface area contributed by atoms with E-state index in [9.17, 15) is 0 Å². The fraction of sp³-hybridized carbons (Fsp3) is 0.100. The summed E-state index contributed by atoms with van der Waals surface area (Å²) in [5.74, 6) is 0. The van der Waals surface area contributed by atoms with Crippen LogP contribution in [0.15, 0.2) is 58.5 Å². The Morgan fingerprint density at radius 2 is 1.38 bits per heavy atom. The van der Waals surface area contributed by atoms with E-state index in [1.165, 1.54) is 11.1 Å². The molecule has 2 aromatic carbocycles. The highest BCUT2D eigenvalue weighted by atomic mass is 32.1. The largest absolute Gasteiger partial charge is 0.349 e. The number of H-pyrrole nitrogens is 1. The predicted molar refractivity (Wildman–Crippen MR) is 107 cm³/mol. The van der Waals surface area contributed by atoms with Crippen LogP contribution in [0.4, 0.5) is 0 Å². The van der Waals surface area contributed by atoms with Crippen LogP contribution in [0.25, 0.3) is 11.3 Å². The zero-order valence-electron chi connectivity index (χ0n) is 13.4. The van der Waals surface area contributed by atoms with Gasteiger partial charge in [0.05, 0.1) is 16.4 Å². The first-order chi connectivity index (χ1) is 11.5. The zero-order chi connectivity index (χ0) is 16.8. The molecule has 0 saturated heterocycles. The van der Waals surface area contributed by atoms with Gasteiger partial charge in [-0.2, -0.15) is 0 Å². The summed E-state index contributed by atoms with van der Waals surface area (Å²) in [5, 5.41) is 0.805. The number of thiol groups is 1. The third-order valence-corrected chi connectivity index (χ3v) is 4.94. The van der Waals surface area contributed by atoms with Gasteiger partial charge in [-0.15, -0.1) is 12.6 Å². The number of nitrogens with one attached hydrogen (secondary N) is 1. The number of nitrogens with zero attached hydrogens (tertiary/aromatic N) is 1. The predicted octanol–water partition coefficient (Wildman–Crippen LogP) is 5.11. The van der Waals surface area contributed by atoms with Gasteiger partial charge < -0.3 is 4.98 Å². The maximum absolute atomic E-state index is 5.56. The highest BCUT2D eigenvalue weighted by molar-refractivity contribution is 7.81. The standard InChI is InChI=1S/C20H16N2S2/c1-11-3-7-13(8-4-11)17-15-16(20(24)21-17)18(22-19(15)23)14-9-5-12(2)6-10-14/h3-10,21,24H,1-2H3. The molecule has 0 unspecified atom stereocenters. The Kier molecular flexibility index (Phi) is 3.66. The molecule has 1 N–H and O–H groups in total. The van der Waals surface area contributed by atoms with E-state index in [-0.39, 0.29) is 0 Å². The number of hydrogen-bond donors (Lipinski definition) is 2. The Balaban J connectivity index is 1.87. The third kappa shape index (κ3) is 2.43. The molecular formula is C20H16N2S2. The lowest BCUT2D eigenvalue weighted by atomic mass is 10.00. The topological polar surface area (TPSA) is 28.1 Å². The van der Waals surface area contributed by atoms with Crippen molar-refractivity contribution in [3.8, 4) is 11.3 Å². The molecule has 0 radical (unpaired) electrons. The van der Waals surface area contributed by atoms with Crippen molar-refractivity contribution >= 4 is 35.5 Å². The van der Waals surface area contributed by atoms with Crippen molar-refractivity contribution in [2.45, 2.75) is 18.9 Å². The molecule has 0 bridgehead atoms. The molecule has 0 saturated carbocycles. The van der Waals surface area contributed by atoms with E-state index in [0.717, 1.165) is 38.7 Å². The molecular weight excluding hydrogens is 332 g/mol. The summed E-state index contributed by atoms with van der Waals surface area (Å²) in [6.07, 6.45) is 0. The van der Waals surface area contributed by atoms with Crippen LogP contribution in [0.2, 0.25) is 0 Å². The van der Waals surface area contributed by atoms with E-state index in [2.05, 4.69) is 85.0 Å². The molecule has 0 atom stereocenters. The second kappa shape index (κ2) is 5.72. The van der Waals surface area contributed by atoms with Crippen LogP contribution < -0.4 is 0 Å². The Bertz CT molecular complexity index is 978. The first kappa shape index (κ1) is 15.4. The molecule has 0 amide bonds. The quantitative estimate of drug-likeness (QED) is 0.489. The van der Waals surface area contributed by atoms with Gasteiger partial charge >= 0.3 is 0 Å². The number of aryl methyl sites for hydroxylation is 2. The lowest BCUT2D eigenvalue weighted by molar-refractivity contribution is 1.20. The van der Waals surface area contributed by atoms with Gasteiger partial charge in [-0.25, -0.2) is 4.99 Å². The van der Waals surface area contributed by atoms with Gasteiger partial charge in [-0.05, 0) is 19.4 Å². The van der Waals surface area contributed by atoms with Crippen LogP contribution in [0.3, 0.4) is 0 Å². The summed E-state index contributed by atoms with van der Waals surface area (Å²) < 4.78 is 0. The highest BCUT2D eigenvalue weighted by Crippen LogP contribution is 2.36. The summed E-state index contributed by atoms with van der Waals surface area (Å²) in [4.78, 5) is 8.67. The molecule has 4 heteroatoms. The number of hydrogen-bond acceptors (Lipinski definition) is 2. The fourth-order valence-electron chi connectivity index (χ4n) is 3.00. The fourth-order valence-corrected chi connectivity index (χ4v) is 3.63. The monoisotopic (exact) mass is 348 g/mol. The van der Waals surface area contributed by atoms with E-state index >= 15 is 0 Å². The van der Waals surface area contributed by atoms with Gasteiger partial charge in [0.25, 0.3) is 0 Å². The average Bonchev–Trinajstić information content (AvgIpc) is 3.08. The van der Waals surface area contributed by atoms with Crippen LogP contribution in [0, 0.1) is 13.8 Å². The van der Waals surface area contributed by atoms with Crippen molar-refractivity contribution in [3.63, 3.8) is 0 Å². The number of aromatic nitrogens is 1. The Morgan fingerprint density at radius 1 is 0.833 bits per heavy atom. The van der Waals surface area contributed by atoms with Crippen molar-refractivity contribution in [2.24, 2.45) is 4.99 Å². The lowest BCUT2D eigenvalue weighted by Gasteiger charge is -2.02. The van der Waals surface area contributed by atoms with Crippen LogP contribution in [-0.4, -0.2) is 15.7 Å². The summed E-state index contributed by atoms with van der Waals surface area (Å²) >= 11 is 10.2. The lowest BCUT2D eigenvalue weighted by Crippen LogP contribution is -2.00. The summed E-state index contributed by atoms with van der Waals surface area (Å²) in [7, 11) is 0. The molecule has 1 aliphatic rings. The number of aromatic amines is 1. The van der Waals surface area contributed by atoms with Gasteiger partial charge in [0.2, 0.25) is 0 Å². The van der Waals surface area contributed by atoms with Gasteiger partial charge in [0, 0.05) is 16.7 Å². The maximum atomic E-state index is 5.56. The van der Waals surface area contributed by atoms with E-state index in [4.69, 9.17) is 12.2 Å². The Labute approximate surface area is 152 Å². The minimum absolute atomic E-state index is 0.618. The Morgan fingerprint density at radius 3 is 1.96 bits per heavy atom.